The number of fused-ring (bicyclic) bond motifs is 1. The predicted octanol–water partition coefficient (Wildman–Crippen LogP) is 4.40. The van der Waals surface area contributed by atoms with Crippen molar-refractivity contribution in [3.05, 3.63) is 66.3 Å². The second-order valence-electron chi connectivity index (χ2n) is 8.00. The molecular formula is C25H28BN3OS. The van der Waals surface area contributed by atoms with Crippen molar-refractivity contribution in [1.29, 1.82) is 0 Å². The molecule has 2 aromatic carbocycles. The van der Waals surface area contributed by atoms with Crippen LogP contribution in [0.3, 0.4) is 0 Å². The van der Waals surface area contributed by atoms with Crippen molar-refractivity contribution < 1.29 is 4.74 Å². The van der Waals surface area contributed by atoms with Crippen molar-refractivity contribution in [3.63, 3.8) is 0 Å². The lowest BCUT2D eigenvalue weighted by atomic mass is 9.85. The van der Waals surface area contributed by atoms with Crippen LogP contribution >= 0.6 is 11.5 Å². The summed E-state index contributed by atoms with van der Waals surface area (Å²) in [6.07, 6.45) is 7.99. The Morgan fingerprint density at radius 1 is 1.13 bits per heavy atom. The van der Waals surface area contributed by atoms with Gasteiger partial charge in [0.15, 0.2) is 0 Å². The van der Waals surface area contributed by atoms with E-state index < -0.39 is 0 Å². The molecule has 0 saturated carbocycles. The zero-order valence-electron chi connectivity index (χ0n) is 18.1. The summed E-state index contributed by atoms with van der Waals surface area (Å²) >= 11 is 1.51. The Labute approximate surface area is 190 Å². The van der Waals surface area contributed by atoms with Crippen molar-refractivity contribution in [1.82, 2.24) is 9.69 Å². The Hall–Kier alpha value is -2.57. The highest BCUT2D eigenvalue weighted by atomic mass is 32.1. The third kappa shape index (κ3) is 5.38. The molecule has 31 heavy (non-hydrogen) atoms. The quantitative estimate of drug-likeness (QED) is 0.391. The fourth-order valence-electron chi connectivity index (χ4n) is 3.87. The topological polar surface area (TPSA) is 46.2 Å². The van der Waals surface area contributed by atoms with Crippen LogP contribution in [0, 0.1) is 11.8 Å². The van der Waals surface area contributed by atoms with Gasteiger partial charge in [-0.15, -0.1) is 0 Å². The molecule has 0 amide bonds. The minimum atomic E-state index is 0.500. The predicted molar refractivity (Wildman–Crippen MR) is 134 cm³/mol. The van der Waals surface area contributed by atoms with Crippen LogP contribution in [-0.2, 0) is 0 Å². The van der Waals surface area contributed by atoms with Crippen LogP contribution in [-0.4, -0.2) is 39.0 Å². The van der Waals surface area contributed by atoms with E-state index in [0.717, 1.165) is 53.2 Å². The van der Waals surface area contributed by atoms with Gasteiger partial charge in [0.25, 0.3) is 0 Å². The molecule has 4 nitrogen and oxygen atoms in total. The molecule has 2 atom stereocenters. The maximum absolute atomic E-state index is 5.91. The van der Waals surface area contributed by atoms with Crippen LogP contribution in [0.5, 0.6) is 5.75 Å². The standard InChI is InChI=1S/C25H28BN3OS/c1-17-14-19(18-6-9-22(30-2)10-7-18)4-5-20(17)16-27-12-3-13-28-25-23-15-21(26)8-11-24(23)31-29-25/h4-11,14-15,17,20,27H,3,12-13,16H2,1-2H3,(H,28,29). The van der Waals surface area contributed by atoms with E-state index in [1.165, 1.54) is 22.7 Å². The second-order valence-corrected chi connectivity index (χ2v) is 8.81. The van der Waals surface area contributed by atoms with Gasteiger partial charge >= 0.3 is 0 Å². The van der Waals surface area contributed by atoms with Gasteiger partial charge in [-0.2, -0.15) is 4.37 Å². The van der Waals surface area contributed by atoms with Crippen molar-refractivity contribution in [3.8, 4) is 5.75 Å². The molecule has 1 aliphatic rings. The van der Waals surface area contributed by atoms with Crippen LogP contribution in [0.4, 0.5) is 5.82 Å². The smallest absolute Gasteiger partial charge is 0.147 e. The number of anilines is 1. The molecule has 1 aromatic heterocycles. The molecule has 1 aliphatic carbocycles. The highest BCUT2D eigenvalue weighted by Crippen LogP contribution is 2.29. The van der Waals surface area contributed by atoms with E-state index in [9.17, 15) is 0 Å². The first-order valence-electron chi connectivity index (χ1n) is 10.8. The van der Waals surface area contributed by atoms with Gasteiger partial charge in [-0.1, -0.05) is 54.9 Å². The van der Waals surface area contributed by atoms with Crippen molar-refractivity contribution >= 4 is 46.3 Å². The highest BCUT2D eigenvalue weighted by Gasteiger charge is 2.17. The van der Waals surface area contributed by atoms with Crippen molar-refractivity contribution in [2.24, 2.45) is 11.8 Å². The molecule has 2 N–H and O–H groups in total. The number of nitrogens with zero attached hydrogens (tertiary/aromatic N) is 1. The van der Waals surface area contributed by atoms with E-state index in [1.807, 2.05) is 30.3 Å². The van der Waals surface area contributed by atoms with Crippen molar-refractivity contribution in [2.45, 2.75) is 13.3 Å². The van der Waals surface area contributed by atoms with Gasteiger partial charge in [0.05, 0.1) is 11.8 Å². The second kappa shape index (κ2) is 10.2. The molecule has 0 fully saturated rings. The molecule has 6 heteroatoms. The number of methoxy groups -OCH3 is 1. The molecular weight excluding hydrogens is 401 g/mol. The normalized spacial score (nSPS) is 18.2. The number of ether oxygens (including phenoxy) is 1. The zero-order chi connectivity index (χ0) is 21.6. The summed E-state index contributed by atoms with van der Waals surface area (Å²) in [6.45, 7) is 5.14. The average molecular weight is 429 g/mol. The molecule has 0 spiro atoms. The van der Waals surface area contributed by atoms with Crippen LogP contribution in [0.25, 0.3) is 15.7 Å². The third-order valence-electron chi connectivity index (χ3n) is 5.76. The Kier molecular flexibility index (Phi) is 7.10. The summed E-state index contributed by atoms with van der Waals surface area (Å²) in [6, 6.07) is 14.2. The lowest BCUT2D eigenvalue weighted by Gasteiger charge is -2.23. The van der Waals surface area contributed by atoms with E-state index in [4.69, 9.17) is 12.6 Å². The Morgan fingerprint density at radius 3 is 2.74 bits per heavy atom. The Bertz CT molecular complexity index is 1070. The van der Waals surface area contributed by atoms with E-state index in [0.29, 0.717) is 11.8 Å². The van der Waals surface area contributed by atoms with Gasteiger partial charge in [0, 0.05) is 18.5 Å². The van der Waals surface area contributed by atoms with E-state index >= 15 is 0 Å². The summed E-state index contributed by atoms with van der Waals surface area (Å²) in [4.78, 5) is 0. The van der Waals surface area contributed by atoms with Gasteiger partial charge < -0.3 is 15.4 Å². The molecule has 3 aromatic rings. The molecule has 2 unspecified atom stereocenters. The lowest BCUT2D eigenvalue weighted by molar-refractivity contribution is 0.415. The number of rotatable bonds is 9. The van der Waals surface area contributed by atoms with Gasteiger partial charge in [0.2, 0.25) is 0 Å². The fourth-order valence-corrected chi connectivity index (χ4v) is 4.60. The van der Waals surface area contributed by atoms with Gasteiger partial charge in [-0.3, -0.25) is 0 Å². The molecule has 1 heterocycles. The molecule has 4 rings (SSSR count). The fraction of sp³-hybridized carbons (Fsp3) is 0.320. The number of hydrogen-bond donors (Lipinski definition) is 2. The molecule has 0 saturated heterocycles. The number of hydrogen-bond acceptors (Lipinski definition) is 5. The number of allylic oxidation sites excluding steroid dienone is 3. The first-order chi connectivity index (χ1) is 15.1. The molecule has 0 aliphatic heterocycles. The minimum Gasteiger partial charge on any atom is -0.497 e. The number of nitrogens with one attached hydrogen (secondary N) is 2. The largest absolute Gasteiger partial charge is 0.497 e. The van der Waals surface area contributed by atoms with Crippen LogP contribution in [0.1, 0.15) is 18.9 Å². The van der Waals surface area contributed by atoms with Gasteiger partial charge in [-0.25, -0.2) is 0 Å². The molecule has 158 valence electrons. The molecule has 0 bridgehead atoms. The van der Waals surface area contributed by atoms with Crippen LogP contribution in [0.15, 0.2) is 60.7 Å². The number of aromatic nitrogens is 1. The van der Waals surface area contributed by atoms with Gasteiger partial charge in [0.1, 0.15) is 19.4 Å². The van der Waals surface area contributed by atoms with E-state index in [-0.39, 0.29) is 0 Å². The average Bonchev–Trinajstić information content (AvgIpc) is 3.19. The van der Waals surface area contributed by atoms with Gasteiger partial charge in [-0.05, 0) is 65.7 Å². The maximum Gasteiger partial charge on any atom is 0.147 e. The Morgan fingerprint density at radius 2 is 1.97 bits per heavy atom. The van der Waals surface area contributed by atoms with Crippen molar-refractivity contribution in [2.75, 3.05) is 32.1 Å². The summed E-state index contributed by atoms with van der Waals surface area (Å²) in [5, 5.41) is 8.16. The van der Waals surface area contributed by atoms with E-state index in [2.05, 4.69) is 52.3 Å². The summed E-state index contributed by atoms with van der Waals surface area (Å²) < 4.78 is 10.9. The first-order valence-corrected chi connectivity index (χ1v) is 11.6. The first kappa shape index (κ1) is 21.7. The summed E-state index contributed by atoms with van der Waals surface area (Å²) in [7, 11) is 7.60. The van der Waals surface area contributed by atoms with Crippen LogP contribution in [0.2, 0.25) is 0 Å². The third-order valence-corrected chi connectivity index (χ3v) is 6.59. The minimum absolute atomic E-state index is 0.500. The lowest BCUT2D eigenvalue weighted by Crippen LogP contribution is -2.28. The van der Waals surface area contributed by atoms with Crippen LogP contribution < -0.4 is 20.8 Å². The summed E-state index contributed by atoms with van der Waals surface area (Å²) in [5.41, 5.74) is 3.29. The monoisotopic (exact) mass is 429 g/mol. The SMILES string of the molecule is [B]c1ccc2snc(NCCCNCC3C=CC(c4ccc(OC)cc4)=CC3C)c2c1. The summed E-state index contributed by atoms with van der Waals surface area (Å²) in [5.74, 6) is 2.84. The number of benzene rings is 2. The maximum atomic E-state index is 5.91. The zero-order valence-corrected chi connectivity index (χ0v) is 18.9. The molecule has 2 radical (unpaired) electrons. The Balaban J connectivity index is 1.19. The highest BCUT2D eigenvalue weighted by molar-refractivity contribution is 7.13. The van der Waals surface area contributed by atoms with E-state index in [1.54, 1.807) is 7.11 Å².